The molecule has 0 bridgehead atoms. The van der Waals surface area contributed by atoms with Crippen LogP contribution in [0.1, 0.15) is 52.5 Å². The van der Waals surface area contributed by atoms with Crippen LogP contribution in [-0.2, 0) is 14.3 Å². The van der Waals surface area contributed by atoms with Gasteiger partial charge >= 0.3 is 5.97 Å². The third-order valence-corrected chi connectivity index (χ3v) is 5.56. The van der Waals surface area contributed by atoms with Crippen molar-refractivity contribution in [2.45, 2.75) is 31.8 Å². The van der Waals surface area contributed by atoms with Gasteiger partial charge in [-0.3, -0.25) is 9.59 Å². The van der Waals surface area contributed by atoms with E-state index >= 15 is 0 Å². The fourth-order valence-corrected chi connectivity index (χ4v) is 3.60. The number of carboxylic acids is 1. The summed E-state index contributed by atoms with van der Waals surface area (Å²) in [6, 6.07) is 26.9. The Labute approximate surface area is 212 Å². The standard InChI is InChI=1S/C20H22O3.C10H10O3/c1-3-4-15-20(23-2,18(21)16-11-7-5-8-12-16)19(22)17-13-9-6-10-14-17;1-13-9(10(11)12)7-8-5-3-2-4-6-8/h5-14H,3-4,15H2,1-2H3;2-7H,1H3,(H,11,12). The van der Waals surface area contributed by atoms with Gasteiger partial charge in [0.25, 0.3) is 0 Å². The number of hydrogen-bond acceptors (Lipinski definition) is 5. The first-order valence-corrected chi connectivity index (χ1v) is 11.7. The van der Waals surface area contributed by atoms with E-state index in [0.29, 0.717) is 17.5 Å². The zero-order valence-corrected chi connectivity index (χ0v) is 20.8. The molecule has 1 N–H and O–H groups in total. The molecule has 0 radical (unpaired) electrons. The zero-order valence-electron chi connectivity index (χ0n) is 20.8. The number of ether oxygens (including phenoxy) is 2. The highest BCUT2D eigenvalue weighted by molar-refractivity contribution is 6.22. The van der Waals surface area contributed by atoms with Crippen LogP contribution >= 0.6 is 0 Å². The van der Waals surface area contributed by atoms with E-state index in [1.165, 1.54) is 20.3 Å². The Morgan fingerprint density at radius 1 is 0.778 bits per heavy atom. The second kappa shape index (κ2) is 14.4. The van der Waals surface area contributed by atoms with Crippen molar-refractivity contribution in [2.24, 2.45) is 0 Å². The normalized spacial score (nSPS) is 11.1. The molecule has 0 unspecified atom stereocenters. The van der Waals surface area contributed by atoms with Crippen LogP contribution in [0.4, 0.5) is 0 Å². The molecule has 0 aliphatic heterocycles. The van der Waals surface area contributed by atoms with E-state index < -0.39 is 11.6 Å². The summed E-state index contributed by atoms with van der Waals surface area (Å²) in [5, 5.41) is 8.64. The summed E-state index contributed by atoms with van der Waals surface area (Å²) < 4.78 is 10.3. The molecule has 0 saturated carbocycles. The topological polar surface area (TPSA) is 89.9 Å². The highest BCUT2D eigenvalue weighted by atomic mass is 16.5. The van der Waals surface area contributed by atoms with E-state index in [9.17, 15) is 14.4 Å². The van der Waals surface area contributed by atoms with E-state index in [2.05, 4.69) is 4.74 Å². The average Bonchev–Trinajstić information content (AvgIpc) is 2.93. The number of carboxylic acid groups (broad SMARTS) is 1. The van der Waals surface area contributed by atoms with Crippen molar-refractivity contribution in [1.29, 1.82) is 0 Å². The van der Waals surface area contributed by atoms with Crippen LogP contribution in [0, 0.1) is 0 Å². The monoisotopic (exact) mass is 488 g/mol. The van der Waals surface area contributed by atoms with Gasteiger partial charge in [0.2, 0.25) is 17.3 Å². The predicted octanol–water partition coefficient (Wildman–Crippen LogP) is 6.09. The molecule has 36 heavy (non-hydrogen) atoms. The summed E-state index contributed by atoms with van der Waals surface area (Å²) in [4.78, 5) is 36.7. The Balaban J connectivity index is 0.000000297. The van der Waals surface area contributed by atoms with E-state index in [1.54, 1.807) is 48.5 Å². The lowest BCUT2D eigenvalue weighted by Crippen LogP contribution is -2.48. The number of unbranched alkanes of at least 4 members (excludes halogenated alkanes) is 1. The summed E-state index contributed by atoms with van der Waals surface area (Å²) in [7, 11) is 2.78. The minimum absolute atomic E-state index is 0.0637. The van der Waals surface area contributed by atoms with Crippen molar-refractivity contribution in [3.63, 3.8) is 0 Å². The van der Waals surface area contributed by atoms with Gasteiger partial charge in [0.05, 0.1) is 7.11 Å². The maximum absolute atomic E-state index is 13.1. The maximum Gasteiger partial charge on any atom is 0.371 e. The number of ketones is 2. The molecule has 0 aliphatic rings. The van der Waals surface area contributed by atoms with Crippen molar-refractivity contribution in [2.75, 3.05) is 14.2 Å². The molecule has 0 amide bonds. The Morgan fingerprint density at radius 2 is 1.22 bits per heavy atom. The number of rotatable bonds is 11. The van der Waals surface area contributed by atoms with Crippen LogP contribution in [0.2, 0.25) is 0 Å². The minimum Gasteiger partial charge on any atom is -0.490 e. The lowest BCUT2D eigenvalue weighted by molar-refractivity contribution is -0.135. The smallest absolute Gasteiger partial charge is 0.371 e. The molecular weight excluding hydrogens is 456 g/mol. The third kappa shape index (κ3) is 7.48. The molecular formula is C30H32O6. The van der Waals surface area contributed by atoms with Gasteiger partial charge < -0.3 is 14.6 Å². The van der Waals surface area contributed by atoms with Gasteiger partial charge in [0.15, 0.2) is 5.60 Å². The maximum atomic E-state index is 13.1. The van der Waals surface area contributed by atoms with Gasteiger partial charge in [0, 0.05) is 18.2 Å². The van der Waals surface area contributed by atoms with E-state index in [1.807, 2.05) is 49.4 Å². The van der Waals surface area contributed by atoms with E-state index in [-0.39, 0.29) is 17.3 Å². The lowest BCUT2D eigenvalue weighted by Gasteiger charge is -2.29. The molecule has 6 nitrogen and oxygen atoms in total. The number of carbonyl (C=O) groups excluding carboxylic acids is 2. The number of aliphatic carboxylic acids is 1. The summed E-state index contributed by atoms with van der Waals surface area (Å²) in [5.41, 5.74) is 0.338. The Kier molecular flexibility index (Phi) is 11.3. The lowest BCUT2D eigenvalue weighted by atomic mass is 9.81. The third-order valence-electron chi connectivity index (χ3n) is 5.56. The molecule has 3 aromatic carbocycles. The number of hydrogen-bond donors (Lipinski definition) is 1. The Bertz CT molecular complexity index is 1090. The van der Waals surface area contributed by atoms with Crippen molar-refractivity contribution in [3.05, 3.63) is 113 Å². The van der Waals surface area contributed by atoms with Crippen LogP contribution < -0.4 is 0 Å². The fourth-order valence-electron chi connectivity index (χ4n) is 3.60. The molecule has 0 atom stereocenters. The molecule has 0 heterocycles. The molecule has 3 aromatic rings. The first kappa shape index (κ1) is 28.2. The molecule has 0 fully saturated rings. The van der Waals surface area contributed by atoms with Gasteiger partial charge in [-0.25, -0.2) is 4.79 Å². The van der Waals surface area contributed by atoms with Gasteiger partial charge in [0.1, 0.15) is 0 Å². The summed E-state index contributed by atoms with van der Waals surface area (Å²) in [6.45, 7) is 2.03. The number of Topliss-reactive ketones (excluding diaryl/α,β-unsaturated/α-hetero) is 2. The van der Waals surface area contributed by atoms with Crippen molar-refractivity contribution in [1.82, 2.24) is 0 Å². The molecule has 0 aromatic heterocycles. The van der Waals surface area contributed by atoms with Crippen LogP contribution in [0.5, 0.6) is 0 Å². The van der Waals surface area contributed by atoms with Gasteiger partial charge in [-0.2, -0.15) is 0 Å². The summed E-state index contributed by atoms with van der Waals surface area (Å²) in [5.74, 6) is -1.68. The Hall–Kier alpha value is -4.03. The molecule has 0 spiro atoms. The molecule has 6 heteroatoms. The SMILES string of the molecule is CCCCC(OC)(C(=O)c1ccccc1)C(=O)c1ccccc1.COC(=Cc1ccccc1)C(=O)O. The van der Waals surface area contributed by atoms with E-state index in [4.69, 9.17) is 9.84 Å². The highest BCUT2D eigenvalue weighted by Gasteiger charge is 2.46. The summed E-state index contributed by atoms with van der Waals surface area (Å²) >= 11 is 0. The van der Waals surface area contributed by atoms with Crippen LogP contribution in [-0.4, -0.2) is 42.5 Å². The van der Waals surface area contributed by atoms with Crippen molar-refractivity contribution < 1.29 is 29.0 Å². The van der Waals surface area contributed by atoms with Crippen molar-refractivity contribution >= 4 is 23.6 Å². The quantitative estimate of drug-likeness (QED) is 0.152. The average molecular weight is 489 g/mol. The van der Waals surface area contributed by atoms with Gasteiger partial charge in [-0.05, 0) is 24.5 Å². The summed E-state index contributed by atoms with van der Waals surface area (Å²) in [6.07, 6.45) is 3.48. The van der Waals surface area contributed by atoms with Crippen LogP contribution in [0.3, 0.4) is 0 Å². The molecule has 0 aliphatic carbocycles. The molecule has 0 saturated heterocycles. The van der Waals surface area contributed by atoms with Gasteiger partial charge in [-0.1, -0.05) is 104 Å². The molecule has 3 rings (SSSR count). The zero-order chi connectivity index (χ0) is 26.4. The van der Waals surface area contributed by atoms with Crippen LogP contribution in [0.25, 0.3) is 6.08 Å². The highest BCUT2D eigenvalue weighted by Crippen LogP contribution is 2.28. The predicted molar refractivity (Wildman–Crippen MR) is 140 cm³/mol. The second-order valence-corrected chi connectivity index (χ2v) is 7.95. The first-order valence-electron chi connectivity index (χ1n) is 11.7. The number of carbonyl (C=O) groups is 3. The Morgan fingerprint density at radius 3 is 1.58 bits per heavy atom. The minimum atomic E-state index is -1.46. The fraction of sp³-hybridized carbons (Fsp3) is 0.233. The number of benzene rings is 3. The second-order valence-electron chi connectivity index (χ2n) is 7.95. The molecule has 188 valence electrons. The van der Waals surface area contributed by atoms with Crippen LogP contribution in [0.15, 0.2) is 96.8 Å². The first-order chi connectivity index (χ1) is 17.4. The van der Waals surface area contributed by atoms with E-state index in [0.717, 1.165) is 18.4 Å². The van der Waals surface area contributed by atoms with Gasteiger partial charge in [-0.15, -0.1) is 0 Å². The van der Waals surface area contributed by atoms with Crippen molar-refractivity contribution in [3.8, 4) is 0 Å². The number of methoxy groups -OCH3 is 2. The largest absolute Gasteiger partial charge is 0.490 e.